The van der Waals surface area contributed by atoms with Gasteiger partial charge in [0.25, 0.3) is 0 Å². The van der Waals surface area contributed by atoms with Crippen LogP contribution in [-0.4, -0.2) is 26.2 Å². The zero-order chi connectivity index (χ0) is 18.4. The average Bonchev–Trinajstić information content (AvgIpc) is 3.12. The first-order valence-electron chi connectivity index (χ1n) is 9.29. The Morgan fingerprint density at radius 3 is 2.88 bits per heavy atom. The summed E-state index contributed by atoms with van der Waals surface area (Å²) in [5, 5.41) is 13.5. The summed E-state index contributed by atoms with van der Waals surface area (Å²) in [6.07, 6.45) is 11.0. The molecule has 7 heteroatoms. The van der Waals surface area contributed by atoms with E-state index in [0.717, 1.165) is 25.2 Å². The number of rotatable bonds is 8. The van der Waals surface area contributed by atoms with Gasteiger partial charge in [0.2, 0.25) is 11.7 Å². The standard InChI is InChI=1S/C19H24ClN3O3/c20-17-15(10-5-11-21-17)18-22-19(26-23-18)14(12-16(24)25)9-4-8-13-6-2-1-3-7-13/h5,10-11,13-14H,1-4,6-9,12H2,(H,24,25)/t14-/m1/s1. The summed E-state index contributed by atoms with van der Waals surface area (Å²) in [5.41, 5.74) is 0.584. The Bertz CT molecular complexity index is 728. The highest BCUT2D eigenvalue weighted by Gasteiger charge is 2.24. The molecule has 26 heavy (non-hydrogen) atoms. The van der Waals surface area contributed by atoms with Gasteiger partial charge in [-0.3, -0.25) is 4.79 Å². The summed E-state index contributed by atoms with van der Waals surface area (Å²) in [6.45, 7) is 0. The SMILES string of the molecule is O=C(O)C[C@@H](CCCC1CCCCC1)c1nc(-c2cccnc2Cl)no1. The molecule has 0 spiro atoms. The van der Waals surface area contributed by atoms with Crippen LogP contribution in [0.4, 0.5) is 0 Å². The number of carboxylic acids is 1. The number of hydrogen-bond donors (Lipinski definition) is 1. The summed E-state index contributed by atoms with van der Waals surface area (Å²) in [6, 6.07) is 3.51. The Morgan fingerprint density at radius 1 is 1.35 bits per heavy atom. The molecule has 0 aliphatic heterocycles. The Morgan fingerprint density at radius 2 is 2.15 bits per heavy atom. The van der Waals surface area contributed by atoms with E-state index in [1.54, 1.807) is 18.3 Å². The van der Waals surface area contributed by atoms with Gasteiger partial charge in [-0.2, -0.15) is 4.98 Å². The van der Waals surface area contributed by atoms with Gasteiger partial charge < -0.3 is 9.63 Å². The van der Waals surface area contributed by atoms with Crippen LogP contribution in [0.1, 0.15) is 69.6 Å². The van der Waals surface area contributed by atoms with Crippen molar-refractivity contribution >= 4 is 17.6 Å². The molecular formula is C19H24ClN3O3. The van der Waals surface area contributed by atoms with Crippen molar-refractivity contribution in [2.75, 3.05) is 0 Å². The Kier molecular flexibility index (Phi) is 6.61. The molecule has 140 valence electrons. The first-order chi connectivity index (χ1) is 12.6. The van der Waals surface area contributed by atoms with Crippen LogP contribution in [0, 0.1) is 5.92 Å². The van der Waals surface area contributed by atoms with E-state index in [2.05, 4.69) is 15.1 Å². The molecule has 0 amide bonds. The van der Waals surface area contributed by atoms with Gasteiger partial charge >= 0.3 is 5.97 Å². The second-order valence-corrected chi connectivity index (χ2v) is 7.39. The molecule has 1 aliphatic carbocycles. The molecule has 0 bridgehead atoms. The second kappa shape index (κ2) is 9.12. The van der Waals surface area contributed by atoms with Crippen molar-refractivity contribution < 1.29 is 14.4 Å². The van der Waals surface area contributed by atoms with Crippen LogP contribution >= 0.6 is 11.6 Å². The van der Waals surface area contributed by atoms with E-state index in [1.165, 1.54) is 32.1 Å². The largest absolute Gasteiger partial charge is 0.481 e. The van der Waals surface area contributed by atoms with Crippen LogP contribution in [0.15, 0.2) is 22.9 Å². The Hall–Kier alpha value is -1.95. The van der Waals surface area contributed by atoms with E-state index in [4.69, 9.17) is 16.1 Å². The summed E-state index contributed by atoms with van der Waals surface area (Å²) >= 11 is 6.07. The summed E-state index contributed by atoms with van der Waals surface area (Å²) < 4.78 is 5.37. The summed E-state index contributed by atoms with van der Waals surface area (Å²) in [7, 11) is 0. The second-order valence-electron chi connectivity index (χ2n) is 7.03. The zero-order valence-electron chi connectivity index (χ0n) is 14.7. The summed E-state index contributed by atoms with van der Waals surface area (Å²) in [4.78, 5) is 19.7. The van der Waals surface area contributed by atoms with Gasteiger partial charge in [-0.1, -0.05) is 61.7 Å². The van der Waals surface area contributed by atoms with E-state index < -0.39 is 5.97 Å². The molecule has 1 atom stereocenters. The molecule has 1 N–H and O–H groups in total. The smallest absolute Gasteiger partial charge is 0.304 e. The molecule has 0 radical (unpaired) electrons. The van der Waals surface area contributed by atoms with Crippen molar-refractivity contribution in [1.82, 2.24) is 15.1 Å². The lowest BCUT2D eigenvalue weighted by atomic mass is 9.84. The highest BCUT2D eigenvalue weighted by molar-refractivity contribution is 6.31. The molecule has 3 rings (SSSR count). The maximum Gasteiger partial charge on any atom is 0.304 e. The number of carbonyl (C=O) groups is 1. The fraction of sp³-hybridized carbons (Fsp3) is 0.579. The third-order valence-corrected chi connectivity index (χ3v) is 5.40. The lowest BCUT2D eigenvalue weighted by molar-refractivity contribution is -0.137. The van der Waals surface area contributed by atoms with Crippen molar-refractivity contribution in [3.05, 3.63) is 29.4 Å². The van der Waals surface area contributed by atoms with Gasteiger partial charge in [0.05, 0.1) is 12.0 Å². The van der Waals surface area contributed by atoms with E-state index in [0.29, 0.717) is 22.4 Å². The van der Waals surface area contributed by atoms with Crippen LogP contribution in [0.3, 0.4) is 0 Å². The first kappa shape index (κ1) is 18.8. The van der Waals surface area contributed by atoms with Gasteiger partial charge in [0, 0.05) is 12.1 Å². The minimum atomic E-state index is -0.855. The highest BCUT2D eigenvalue weighted by Crippen LogP contribution is 2.32. The van der Waals surface area contributed by atoms with Gasteiger partial charge in [0.1, 0.15) is 5.15 Å². The Balaban J connectivity index is 1.65. The minimum absolute atomic E-state index is 0.00687. The minimum Gasteiger partial charge on any atom is -0.481 e. The molecule has 6 nitrogen and oxygen atoms in total. The third kappa shape index (κ3) is 5.04. The van der Waals surface area contributed by atoms with Crippen LogP contribution in [0.2, 0.25) is 5.15 Å². The molecule has 1 aliphatic rings. The topological polar surface area (TPSA) is 89.1 Å². The van der Waals surface area contributed by atoms with E-state index in [1.807, 2.05) is 0 Å². The number of aliphatic carboxylic acids is 1. The highest BCUT2D eigenvalue weighted by atomic mass is 35.5. The molecule has 0 saturated heterocycles. The first-order valence-corrected chi connectivity index (χ1v) is 9.67. The maximum absolute atomic E-state index is 11.3. The molecule has 0 aromatic carbocycles. The van der Waals surface area contributed by atoms with Crippen molar-refractivity contribution in [1.29, 1.82) is 0 Å². The van der Waals surface area contributed by atoms with Gasteiger partial charge in [-0.15, -0.1) is 0 Å². The molecule has 2 aromatic rings. The quantitative estimate of drug-likeness (QED) is 0.644. The normalized spacial score (nSPS) is 16.5. The van der Waals surface area contributed by atoms with Crippen molar-refractivity contribution in [2.24, 2.45) is 5.92 Å². The number of pyridine rings is 1. The molecule has 2 aromatic heterocycles. The van der Waals surface area contributed by atoms with Crippen molar-refractivity contribution in [3.8, 4) is 11.4 Å². The number of halogens is 1. The predicted molar refractivity (Wildman–Crippen MR) is 98.0 cm³/mol. The fourth-order valence-electron chi connectivity index (χ4n) is 3.72. The van der Waals surface area contributed by atoms with Gasteiger partial charge in [-0.05, 0) is 24.5 Å². The van der Waals surface area contributed by atoms with Crippen molar-refractivity contribution in [3.63, 3.8) is 0 Å². The number of nitrogens with zero attached hydrogens (tertiary/aromatic N) is 3. The van der Waals surface area contributed by atoms with E-state index >= 15 is 0 Å². The number of aromatic nitrogens is 3. The molecule has 1 saturated carbocycles. The maximum atomic E-state index is 11.3. The lowest BCUT2D eigenvalue weighted by Crippen LogP contribution is -2.10. The molecule has 1 fully saturated rings. The van der Waals surface area contributed by atoms with Gasteiger partial charge in [-0.25, -0.2) is 4.98 Å². The van der Waals surface area contributed by atoms with E-state index in [9.17, 15) is 9.90 Å². The number of hydrogen-bond acceptors (Lipinski definition) is 5. The third-order valence-electron chi connectivity index (χ3n) is 5.10. The van der Waals surface area contributed by atoms with Crippen LogP contribution in [0.25, 0.3) is 11.4 Å². The van der Waals surface area contributed by atoms with Crippen molar-refractivity contribution in [2.45, 2.75) is 63.7 Å². The molecule has 0 unspecified atom stereocenters. The average molecular weight is 378 g/mol. The van der Waals surface area contributed by atoms with Crippen LogP contribution in [0.5, 0.6) is 0 Å². The monoisotopic (exact) mass is 377 g/mol. The van der Waals surface area contributed by atoms with E-state index in [-0.39, 0.29) is 12.3 Å². The Labute approximate surface area is 158 Å². The summed E-state index contributed by atoms with van der Waals surface area (Å²) in [5.74, 6) is 0.369. The van der Waals surface area contributed by atoms with Crippen LogP contribution in [-0.2, 0) is 4.79 Å². The van der Waals surface area contributed by atoms with Gasteiger partial charge in [0.15, 0.2) is 0 Å². The van der Waals surface area contributed by atoms with Crippen LogP contribution < -0.4 is 0 Å². The fourth-order valence-corrected chi connectivity index (χ4v) is 3.92. The molecule has 2 heterocycles. The lowest BCUT2D eigenvalue weighted by Gasteiger charge is -2.21. The number of carboxylic acid groups (broad SMARTS) is 1. The molecular weight excluding hydrogens is 354 g/mol. The predicted octanol–water partition coefficient (Wildman–Crippen LogP) is 5.09. The zero-order valence-corrected chi connectivity index (χ0v) is 15.5.